The van der Waals surface area contributed by atoms with E-state index in [0.717, 1.165) is 49.4 Å². The predicted molar refractivity (Wildman–Crippen MR) is 167 cm³/mol. The summed E-state index contributed by atoms with van der Waals surface area (Å²) in [5.74, 6) is 1.74. The van der Waals surface area contributed by atoms with Crippen LogP contribution in [0.5, 0.6) is 0 Å². The molecule has 1 unspecified atom stereocenters. The average molecular weight is 531 g/mol. The number of likely N-dealkylation sites (tertiary alicyclic amines) is 1. The van der Waals surface area contributed by atoms with Gasteiger partial charge in [-0.3, -0.25) is 4.79 Å². The number of rotatable bonds is 12. The molecule has 0 aliphatic carbocycles. The number of nitrogens with zero attached hydrogens (tertiary/aromatic N) is 2. The standard InChI is InChI=1S/C17H26N2O.C14H30N2.C2H6/c1-13(2)5-3-6-14-8-10-15(11-9-14)19-17(20)16-7-4-12-18-16;1-13(2)7-5-6-10-16-11-8-14(9-12-16)15(3)4;1-2/h8-11,13,16,18H,3-7,12H2,1-2H3,(H,19,20);13-14H,5-12H2,1-4H3;1-2H3. The minimum absolute atomic E-state index is 0.0132. The zero-order valence-corrected chi connectivity index (χ0v) is 26.3. The van der Waals surface area contributed by atoms with Gasteiger partial charge in [-0.25, -0.2) is 0 Å². The summed E-state index contributed by atoms with van der Waals surface area (Å²) in [6.45, 7) is 18.1. The minimum atomic E-state index is -0.0132. The smallest absolute Gasteiger partial charge is 0.241 e. The number of nitrogens with one attached hydrogen (secondary N) is 2. The summed E-state index contributed by atoms with van der Waals surface area (Å²) in [6.07, 6.45) is 12.6. The van der Waals surface area contributed by atoms with E-state index in [4.69, 9.17) is 0 Å². The highest BCUT2D eigenvalue weighted by atomic mass is 16.2. The molecule has 2 N–H and O–H groups in total. The highest BCUT2D eigenvalue weighted by Gasteiger charge is 2.22. The van der Waals surface area contributed by atoms with Crippen molar-refractivity contribution >= 4 is 11.6 Å². The van der Waals surface area contributed by atoms with Gasteiger partial charge in [0.2, 0.25) is 5.91 Å². The molecule has 0 radical (unpaired) electrons. The first kappa shape index (κ1) is 34.6. The van der Waals surface area contributed by atoms with Crippen LogP contribution in [-0.2, 0) is 11.2 Å². The lowest BCUT2D eigenvalue weighted by Crippen LogP contribution is -2.42. The first-order chi connectivity index (χ1) is 18.2. The lowest BCUT2D eigenvalue weighted by atomic mass is 10.0. The van der Waals surface area contributed by atoms with Gasteiger partial charge in [-0.1, -0.05) is 72.9 Å². The molecule has 2 fully saturated rings. The number of benzene rings is 1. The van der Waals surface area contributed by atoms with Crippen molar-refractivity contribution in [2.24, 2.45) is 11.8 Å². The van der Waals surface area contributed by atoms with Crippen LogP contribution in [-0.4, -0.2) is 68.1 Å². The van der Waals surface area contributed by atoms with E-state index in [0.29, 0.717) is 0 Å². The van der Waals surface area contributed by atoms with Gasteiger partial charge in [-0.15, -0.1) is 0 Å². The molecule has 2 saturated heterocycles. The Morgan fingerprint density at radius 3 is 2.08 bits per heavy atom. The summed E-state index contributed by atoms with van der Waals surface area (Å²) in [6, 6.07) is 9.08. The van der Waals surface area contributed by atoms with E-state index in [1.807, 2.05) is 26.0 Å². The van der Waals surface area contributed by atoms with E-state index in [9.17, 15) is 4.79 Å². The second-order valence-corrected chi connectivity index (χ2v) is 12.0. The Morgan fingerprint density at radius 1 is 0.947 bits per heavy atom. The lowest BCUT2D eigenvalue weighted by Gasteiger charge is -2.35. The molecule has 220 valence electrons. The van der Waals surface area contributed by atoms with Crippen molar-refractivity contribution in [3.8, 4) is 0 Å². The Morgan fingerprint density at radius 2 is 1.55 bits per heavy atom. The molecule has 2 aliphatic heterocycles. The van der Waals surface area contributed by atoms with Crippen LogP contribution in [0.3, 0.4) is 0 Å². The van der Waals surface area contributed by atoms with Crippen molar-refractivity contribution in [2.75, 3.05) is 45.6 Å². The van der Waals surface area contributed by atoms with E-state index >= 15 is 0 Å². The van der Waals surface area contributed by atoms with Gasteiger partial charge in [0, 0.05) is 11.7 Å². The van der Waals surface area contributed by atoms with Crippen LogP contribution in [0.15, 0.2) is 24.3 Å². The maximum atomic E-state index is 12.0. The van der Waals surface area contributed by atoms with Gasteiger partial charge in [0.05, 0.1) is 6.04 Å². The third-order valence-electron chi connectivity index (χ3n) is 7.64. The predicted octanol–water partition coefficient (Wildman–Crippen LogP) is 7.22. The van der Waals surface area contributed by atoms with Gasteiger partial charge >= 0.3 is 0 Å². The largest absolute Gasteiger partial charge is 0.325 e. The summed E-state index contributed by atoms with van der Waals surface area (Å²) in [5, 5.41) is 6.20. The van der Waals surface area contributed by atoms with Crippen molar-refractivity contribution in [2.45, 2.75) is 118 Å². The molecule has 2 aliphatic rings. The summed E-state index contributed by atoms with van der Waals surface area (Å²) in [5.41, 5.74) is 2.25. The third-order valence-corrected chi connectivity index (χ3v) is 7.64. The maximum absolute atomic E-state index is 12.0. The van der Waals surface area contributed by atoms with Crippen LogP contribution in [0.4, 0.5) is 5.69 Å². The third kappa shape index (κ3) is 15.2. The number of hydrogen-bond acceptors (Lipinski definition) is 4. The molecule has 1 aromatic rings. The van der Waals surface area contributed by atoms with Gasteiger partial charge in [0.1, 0.15) is 0 Å². The Hall–Kier alpha value is -1.43. The minimum Gasteiger partial charge on any atom is -0.325 e. The average Bonchev–Trinajstić information content (AvgIpc) is 3.45. The summed E-state index contributed by atoms with van der Waals surface area (Å²) in [4.78, 5) is 17.0. The molecular weight excluding hydrogens is 468 g/mol. The summed E-state index contributed by atoms with van der Waals surface area (Å²) >= 11 is 0. The Kier molecular flexibility index (Phi) is 18.6. The molecule has 2 heterocycles. The number of amides is 1. The van der Waals surface area contributed by atoms with Crippen molar-refractivity contribution < 1.29 is 4.79 Å². The van der Waals surface area contributed by atoms with Crippen molar-refractivity contribution in [1.29, 1.82) is 0 Å². The van der Waals surface area contributed by atoms with Crippen molar-refractivity contribution in [3.63, 3.8) is 0 Å². The Labute approximate surface area is 236 Å². The van der Waals surface area contributed by atoms with E-state index in [2.05, 4.69) is 74.4 Å². The number of carbonyl (C=O) groups excluding carboxylic acids is 1. The number of hydrogen-bond donors (Lipinski definition) is 2. The second kappa shape index (κ2) is 20.5. The fourth-order valence-corrected chi connectivity index (χ4v) is 5.15. The van der Waals surface area contributed by atoms with Gasteiger partial charge < -0.3 is 20.4 Å². The molecule has 5 heteroatoms. The van der Waals surface area contributed by atoms with Crippen LogP contribution in [0.25, 0.3) is 0 Å². The zero-order chi connectivity index (χ0) is 28.3. The fourth-order valence-electron chi connectivity index (χ4n) is 5.15. The number of aryl methyl sites for hydroxylation is 1. The SMILES string of the molecule is CC.CC(C)CCCCN1CCC(N(C)C)CC1.CC(C)CCCc1ccc(NC(=O)C2CCCN2)cc1. The van der Waals surface area contributed by atoms with Crippen LogP contribution in [0.2, 0.25) is 0 Å². The highest BCUT2D eigenvalue weighted by Crippen LogP contribution is 2.16. The monoisotopic (exact) mass is 530 g/mol. The van der Waals surface area contributed by atoms with Crippen LogP contribution >= 0.6 is 0 Å². The normalized spacial score (nSPS) is 18.2. The Balaban J connectivity index is 0.000000365. The van der Waals surface area contributed by atoms with Gasteiger partial charge in [0.15, 0.2) is 0 Å². The van der Waals surface area contributed by atoms with Crippen molar-refractivity contribution in [1.82, 2.24) is 15.1 Å². The lowest BCUT2D eigenvalue weighted by molar-refractivity contribution is -0.117. The van der Waals surface area contributed by atoms with Crippen LogP contribution in [0, 0.1) is 11.8 Å². The van der Waals surface area contributed by atoms with E-state index < -0.39 is 0 Å². The fraction of sp³-hybridized carbons (Fsp3) is 0.788. The maximum Gasteiger partial charge on any atom is 0.241 e. The number of unbranched alkanes of at least 4 members (excludes halogenated alkanes) is 1. The molecule has 1 aromatic carbocycles. The van der Waals surface area contributed by atoms with Gasteiger partial charge in [-0.2, -0.15) is 0 Å². The van der Waals surface area contributed by atoms with Gasteiger partial charge in [-0.05, 0) is 115 Å². The first-order valence-electron chi connectivity index (χ1n) is 15.8. The quantitative estimate of drug-likeness (QED) is 0.280. The second-order valence-electron chi connectivity index (χ2n) is 12.0. The molecule has 3 rings (SSSR count). The molecular formula is C33H62N4O. The number of anilines is 1. The Bertz CT molecular complexity index is 702. The first-order valence-corrected chi connectivity index (χ1v) is 15.8. The molecule has 0 aromatic heterocycles. The van der Waals surface area contributed by atoms with Crippen LogP contribution < -0.4 is 10.6 Å². The number of carbonyl (C=O) groups is 1. The van der Waals surface area contributed by atoms with E-state index in [-0.39, 0.29) is 11.9 Å². The van der Waals surface area contributed by atoms with Crippen LogP contribution in [0.1, 0.15) is 105 Å². The molecule has 1 atom stereocenters. The topological polar surface area (TPSA) is 47.6 Å². The van der Waals surface area contributed by atoms with Crippen molar-refractivity contribution in [3.05, 3.63) is 29.8 Å². The highest BCUT2D eigenvalue weighted by molar-refractivity contribution is 5.95. The molecule has 0 bridgehead atoms. The van der Waals surface area contributed by atoms with Gasteiger partial charge in [0.25, 0.3) is 0 Å². The summed E-state index contributed by atoms with van der Waals surface area (Å²) in [7, 11) is 4.42. The molecule has 0 spiro atoms. The van der Waals surface area contributed by atoms with E-state index in [1.165, 1.54) is 70.1 Å². The number of piperidine rings is 1. The molecule has 5 nitrogen and oxygen atoms in total. The zero-order valence-electron chi connectivity index (χ0n) is 26.3. The molecule has 38 heavy (non-hydrogen) atoms. The summed E-state index contributed by atoms with van der Waals surface area (Å²) < 4.78 is 0. The molecule has 1 amide bonds. The van der Waals surface area contributed by atoms with E-state index in [1.54, 1.807) is 0 Å². The molecule has 0 saturated carbocycles.